The number of hydrogen-bond donors (Lipinski definition) is 0. The summed E-state index contributed by atoms with van der Waals surface area (Å²) in [5.74, 6) is -0.150. The lowest BCUT2D eigenvalue weighted by atomic mass is 10.2. The molecule has 1 fully saturated rings. The van der Waals surface area contributed by atoms with E-state index in [-0.39, 0.29) is 23.9 Å². The molecular formula is C19H21FN2O3S2. The van der Waals surface area contributed by atoms with Crippen LogP contribution in [0.2, 0.25) is 0 Å². The maximum Gasteiger partial charge on any atom is 0.243 e. The van der Waals surface area contributed by atoms with Crippen LogP contribution >= 0.6 is 11.8 Å². The zero-order valence-corrected chi connectivity index (χ0v) is 16.6. The molecule has 5 nitrogen and oxygen atoms in total. The fraction of sp³-hybridized carbons (Fsp3) is 0.316. The molecule has 1 amide bonds. The second kappa shape index (κ2) is 8.41. The lowest BCUT2D eigenvalue weighted by molar-refractivity contribution is -0.129. The molecule has 0 radical (unpaired) electrons. The van der Waals surface area contributed by atoms with Crippen LogP contribution in [0.4, 0.5) is 4.39 Å². The highest BCUT2D eigenvalue weighted by Crippen LogP contribution is 2.21. The molecule has 2 aromatic rings. The van der Waals surface area contributed by atoms with Crippen molar-refractivity contribution in [3.63, 3.8) is 0 Å². The van der Waals surface area contributed by atoms with Gasteiger partial charge >= 0.3 is 0 Å². The first-order chi connectivity index (χ1) is 12.9. The zero-order valence-electron chi connectivity index (χ0n) is 15.0. The summed E-state index contributed by atoms with van der Waals surface area (Å²) in [7, 11) is -3.66. The van der Waals surface area contributed by atoms with Crippen LogP contribution in [-0.4, -0.2) is 55.5 Å². The number of halogens is 1. The topological polar surface area (TPSA) is 57.7 Å². The summed E-state index contributed by atoms with van der Waals surface area (Å²) in [6.45, 7) is 3.20. The number of amides is 1. The van der Waals surface area contributed by atoms with Crippen LogP contribution in [0.15, 0.2) is 58.3 Å². The van der Waals surface area contributed by atoms with Gasteiger partial charge in [0.1, 0.15) is 5.82 Å². The van der Waals surface area contributed by atoms with Crippen molar-refractivity contribution >= 4 is 27.7 Å². The fourth-order valence-corrected chi connectivity index (χ4v) is 5.03. The van der Waals surface area contributed by atoms with E-state index in [1.165, 1.54) is 33.8 Å². The number of carbonyl (C=O) groups excluding carboxylic acids is 1. The first kappa shape index (κ1) is 19.9. The van der Waals surface area contributed by atoms with Crippen molar-refractivity contribution in [3.05, 3.63) is 59.9 Å². The van der Waals surface area contributed by atoms with Gasteiger partial charge in [-0.05, 0) is 43.3 Å². The normalized spacial score (nSPS) is 15.7. The first-order valence-electron chi connectivity index (χ1n) is 8.59. The van der Waals surface area contributed by atoms with Gasteiger partial charge in [-0.3, -0.25) is 4.79 Å². The molecule has 2 aromatic carbocycles. The molecule has 0 N–H and O–H groups in total. The molecule has 0 spiro atoms. The molecule has 0 aromatic heterocycles. The van der Waals surface area contributed by atoms with Gasteiger partial charge < -0.3 is 4.90 Å². The van der Waals surface area contributed by atoms with Crippen molar-refractivity contribution in [1.82, 2.24) is 9.21 Å². The second-order valence-electron chi connectivity index (χ2n) is 6.34. The van der Waals surface area contributed by atoms with E-state index in [2.05, 4.69) is 0 Å². The third-order valence-corrected chi connectivity index (χ3v) is 7.34. The Morgan fingerprint density at radius 3 is 2.19 bits per heavy atom. The van der Waals surface area contributed by atoms with Gasteiger partial charge in [0.25, 0.3) is 0 Å². The van der Waals surface area contributed by atoms with Crippen LogP contribution < -0.4 is 0 Å². The third kappa shape index (κ3) is 4.88. The highest BCUT2D eigenvalue weighted by Gasteiger charge is 2.30. The van der Waals surface area contributed by atoms with Gasteiger partial charge in [-0.15, -0.1) is 11.8 Å². The average Bonchev–Trinajstić information content (AvgIpc) is 2.68. The maximum atomic E-state index is 13.0. The second-order valence-corrected chi connectivity index (χ2v) is 9.33. The number of nitrogens with zero attached hydrogens (tertiary/aromatic N) is 2. The van der Waals surface area contributed by atoms with E-state index in [4.69, 9.17) is 0 Å². The largest absolute Gasteiger partial charge is 0.339 e. The van der Waals surface area contributed by atoms with Crippen molar-refractivity contribution in [2.24, 2.45) is 0 Å². The molecule has 144 valence electrons. The Bertz CT molecular complexity index is 892. The predicted molar refractivity (Wildman–Crippen MR) is 104 cm³/mol. The Balaban J connectivity index is 1.54. The molecule has 0 atom stereocenters. The number of carbonyl (C=O) groups is 1. The Kier molecular flexibility index (Phi) is 6.18. The predicted octanol–water partition coefficient (Wildman–Crippen LogP) is 2.76. The van der Waals surface area contributed by atoms with Gasteiger partial charge in [0.15, 0.2) is 0 Å². The molecule has 1 aliphatic heterocycles. The van der Waals surface area contributed by atoms with Gasteiger partial charge in [0.05, 0.1) is 10.6 Å². The SMILES string of the molecule is Cc1ccc(SCC(=O)N2CCN(S(=O)(=O)c3ccc(F)cc3)CC2)cc1. The summed E-state index contributed by atoms with van der Waals surface area (Å²) in [4.78, 5) is 15.2. The highest BCUT2D eigenvalue weighted by atomic mass is 32.2. The molecule has 0 bridgehead atoms. The summed E-state index contributed by atoms with van der Waals surface area (Å²) in [5, 5.41) is 0. The average molecular weight is 409 g/mol. The maximum absolute atomic E-state index is 13.0. The molecule has 1 heterocycles. The number of hydrogen-bond acceptors (Lipinski definition) is 4. The first-order valence-corrected chi connectivity index (χ1v) is 11.0. The summed E-state index contributed by atoms with van der Waals surface area (Å²) < 4.78 is 39.6. The Hall–Kier alpha value is -1.90. The van der Waals surface area contributed by atoms with Crippen molar-refractivity contribution in [3.8, 4) is 0 Å². The minimum absolute atomic E-state index is 0.000551. The Labute approximate surface area is 163 Å². The van der Waals surface area contributed by atoms with Gasteiger partial charge in [0, 0.05) is 31.1 Å². The third-order valence-electron chi connectivity index (χ3n) is 4.43. The van der Waals surface area contributed by atoms with Gasteiger partial charge in [-0.1, -0.05) is 17.7 Å². The molecule has 27 heavy (non-hydrogen) atoms. The number of aryl methyl sites for hydroxylation is 1. The van der Waals surface area contributed by atoms with E-state index in [9.17, 15) is 17.6 Å². The minimum atomic E-state index is -3.66. The fourth-order valence-electron chi connectivity index (χ4n) is 2.80. The summed E-state index contributed by atoms with van der Waals surface area (Å²) in [6, 6.07) is 12.8. The summed E-state index contributed by atoms with van der Waals surface area (Å²) >= 11 is 1.48. The van der Waals surface area contributed by atoms with E-state index in [0.29, 0.717) is 18.8 Å². The van der Waals surface area contributed by atoms with Crippen LogP contribution in [0.3, 0.4) is 0 Å². The number of sulfonamides is 1. The lowest BCUT2D eigenvalue weighted by Gasteiger charge is -2.34. The molecule has 3 rings (SSSR count). The number of rotatable bonds is 5. The number of piperazine rings is 1. The van der Waals surface area contributed by atoms with Crippen molar-refractivity contribution in [1.29, 1.82) is 0 Å². The zero-order chi connectivity index (χ0) is 19.4. The minimum Gasteiger partial charge on any atom is -0.339 e. The van der Waals surface area contributed by atoms with Crippen LogP contribution in [0.5, 0.6) is 0 Å². The number of benzene rings is 2. The Morgan fingerprint density at radius 1 is 1.00 bits per heavy atom. The van der Waals surface area contributed by atoms with Crippen molar-refractivity contribution in [2.45, 2.75) is 16.7 Å². The van der Waals surface area contributed by atoms with E-state index < -0.39 is 15.8 Å². The smallest absolute Gasteiger partial charge is 0.243 e. The van der Waals surface area contributed by atoms with Gasteiger partial charge in [-0.2, -0.15) is 4.31 Å². The van der Waals surface area contributed by atoms with E-state index in [1.807, 2.05) is 31.2 Å². The standard InChI is InChI=1S/C19H21FN2O3S2/c1-15-2-6-17(7-3-15)26-14-19(23)21-10-12-22(13-11-21)27(24,25)18-8-4-16(20)5-9-18/h2-9H,10-14H2,1H3. The van der Waals surface area contributed by atoms with E-state index >= 15 is 0 Å². The van der Waals surface area contributed by atoms with Crippen LogP contribution in [-0.2, 0) is 14.8 Å². The highest BCUT2D eigenvalue weighted by molar-refractivity contribution is 8.00. The molecule has 0 unspecified atom stereocenters. The summed E-state index contributed by atoms with van der Waals surface area (Å²) in [6.07, 6.45) is 0. The van der Waals surface area contributed by atoms with Crippen molar-refractivity contribution < 1.29 is 17.6 Å². The van der Waals surface area contributed by atoms with Crippen molar-refractivity contribution in [2.75, 3.05) is 31.9 Å². The van der Waals surface area contributed by atoms with E-state index in [1.54, 1.807) is 4.90 Å². The Morgan fingerprint density at radius 2 is 1.59 bits per heavy atom. The molecular weight excluding hydrogens is 387 g/mol. The van der Waals surface area contributed by atoms with Crippen LogP contribution in [0.1, 0.15) is 5.56 Å². The van der Waals surface area contributed by atoms with Crippen LogP contribution in [0.25, 0.3) is 0 Å². The molecule has 0 aliphatic carbocycles. The molecule has 8 heteroatoms. The summed E-state index contributed by atoms with van der Waals surface area (Å²) in [5.41, 5.74) is 1.17. The monoisotopic (exact) mass is 408 g/mol. The quantitative estimate of drug-likeness (QED) is 0.714. The molecule has 0 saturated carbocycles. The molecule has 1 saturated heterocycles. The van der Waals surface area contributed by atoms with Gasteiger partial charge in [-0.25, -0.2) is 12.8 Å². The van der Waals surface area contributed by atoms with E-state index in [0.717, 1.165) is 17.0 Å². The van der Waals surface area contributed by atoms with Crippen LogP contribution in [0, 0.1) is 12.7 Å². The lowest BCUT2D eigenvalue weighted by Crippen LogP contribution is -2.50. The molecule has 1 aliphatic rings. The van der Waals surface area contributed by atoms with Gasteiger partial charge in [0.2, 0.25) is 15.9 Å². The number of thioether (sulfide) groups is 1.